The number of esters is 1. The molecule has 3 aromatic carbocycles. The van der Waals surface area contributed by atoms with Crippen LogP contribution in [0.25, 0.3) is 0 Å². The molecule has 35 heavy (non-hydrogen) atoms. The Morgan fingerprint density at radius 2 is 1.57 bits per heavy atom. The third-order valence-electron chi connectivity index (χ3n) is 6.76. The van der Waals surface area contributed by atoms with Crippen molar-refractivity contribution in [3.05, 3.63) is 124 Å². The number of ether oxygens (including phenoxy) is 1. The average Bonchev–Trinajstić information content (AvgIpc) is 2.88. The predicted octanol–water partition coefficient (Wildman–Crippen LogP) is 5.50. The SMILES string of the molecule is CC1=C(C(=O)OCc2ccccc2)[C@H](c2ccc(O)cc2)C2=C(C[C@@H](c3ccccc3)CC2=O)N1. The fourth-order valence-electron chi connectivity index (χ4n) is 5.07. The minimum atomic E-state index is -0.556. The smallest absolute Gasteiger partial charge is 0.337 e. The lowest BCUT2D eigenvalue weighted by Gasteiger charge is -2.36. The van der Waals surface area contributed by atoms with Crippen LogP contribution in [0.2, 0.25) is 0 Å². The van der Waals surface area contributed by atoms with E-state index in [0.717, 1.165) is 22.4 Å². The molecule has 0 unspecified atom stereocenters. The van der Waals surface area contributed by atoms with Crippen LogP contribution in [0.5, 0.6) is 5.75 Å². The van der Waals surface area contributed by atoms with Crippen LogP contribution in [0.3, 0.4) is 0 Å². The summed E-state index contributed by atoms with van der Waals surface area (Å²) in [5, 5.41) is 13.2. The van der Waals surface area contributed by atoms with E-state index in [4.69, 9.17) is 4.74 Å². The van der Waals surface area contributed by atoms with Crippen molar-refractivity contribution in [3.63, 3.8) is 0 Å². The molecule has 2 aliphatic rings. The summed E-state index contributed by atoms with van der Waals surface area (Å²) in [5.74, 6) is -0.785. The summed E-state index contributed by atoms with van der Waals surface area (Å²) in [7, 11) is 0. The Morgan fingerprint density at radius 1 is 0.914 bits per heavy atom. The van der Waals surface area contributed by atoms with Crippen molar-refractivity contribution < 1.29 is 19.4 Å². The minimum absolute atomic E-state index is 0.0199. The summed E-state index contributed by atoms with van der Waals surface area (Å²) in [5.41, 5.74) is 5.37. The van der Waals surface area contributed by atoms with Gasteiger partial charge in [-0.05, 0) is 48.1 Å². The number of allylic oxidation sites excluding steroid dienone is 3. The monoisotopic (exact) mass is 465 g/mol. The molecule has 2 atom stereocenters. The maximum absolute atomic E-state index is 13.6. The lowest BCUT2D eigenvalue weighted by atomic mass is 9.72. The largest absolute Gasteiger partial charge is 0.508 e. The van der Waals surface area contributed by atoms with Crippen LogP contribution in [0.1, 0.15) is 48.3 Å². The van der Waals surface area contributed by atoms with E-state index in [1.165, 1.54) is 0 Å². The van der Waals surface area contributed by atoms with Crippen molar-refractivity contribution in [3.8, 4) is 5.75 Å². The van der Waals surface area contributed by atoms with Crippen molar-refractivity contribution in [2.24, 2.45) is 0 Å². The summed E-state index contributed by atoms with van der Waals surface area (Å²) >= 11 is 0. The van der Waals surface area contributed by atoms with Gasteiger partial charge in [0.25, 0.3) is 0 Å². The number of benzene rings is 3. The Kier molecular flexibility index (Phi) is 6.23. The quantitative estimate of drug-likeness (QED) is 0.487. The van der Waals surface area contributed by atoms with Crippen molar-refractivity contribution in [2.45, 2.75) is 38.2 Å². The van der Waals surface area contributed by atoms with Crippen LogP contribution >= 0.6 is 0 Å². The van der Waals surface area contributed by atoms with Gasteiger partial charge in [-0.2, -0.15) is 0 Å². The molecule has 5 rings (SSSR count). The van der Waals surface area contributed by atoms with Gasteiger partial charge in [-0.3, -0.25) is 4.79 Å². The van der Waals surface area contributed by atoms with Gasteiger partial charge >= 0.3 is 5.97 Å². The van der Waals surface area contributed by atoms with Crippen LogP contribution in [-0.2, 0) is 20.9 Å². The summed E-state index contributed by atoms with van der Waals surface area (Å²) in [6.45, 7) is 2.00. The maximum atomic E-state index is 13.6. The number of phenolic OH excluding ortho intramolecular Hbond substituents is 1. The summed E-state index contributed by atoms with van der Waals surface area (Å²) in [6, 6.07) is 26.3. The van der Waals surface area contributed by atoms with Gasteiger partial charge in [0.2, 0.25) is 0 Å². The number of aromatic hydroxyl groups is 1. The first-order valence-corrected chi connectivity index (χ1v) is 11.8. The molecule has 5 heteroatoms. The average molecular weight is 466 g/mol. The Bertz CT molecular complexity index is 1310. The molecule has 0 fully saturated rings. The van der Waals surface area contributed by atoms with E-state index in [9.17, 15) is 14.7 Å². The Hall–Kier alpha value is -4.12. The number of carbonyl (C=O) groups excluding carboxylic acids is 2. The highest BCUT2D eigenvalue weighted by Crippen LogP contribution is 2.45. The highest BCUT2D eigenvalue weighted by atomic mass is 16.5. The summed E-state index contributed by atoms with van der Waals surface area (Å²) in [6.07, 6.45) is 1.06. The number of hydrogen-bond donors (Lipinski definition) is 2. The second-order valence-electron chi connectivity index (χ2n) is 9.08. The first kappa shape index (κ1) is 22.7. The summed E-state index contributed by atoms with van der Waals surface area (Å²) < 4.78 is 5.70. The maximum Gasteiger partial charge on any atom is 0.337 e. The van der Waals surface area contributed by atoms with Crippen LogP contribution in [0.15, 0.2) is 107 Å². The number of carbonyl (C=O) groups is 2. The van der Waals surface area contributed by atoms with Gasteiger partial charge in [-0.25, -0.2) is 4.79 Å². The lowest BCUT2D eigenvalue weighted by molar-refractivity contribution is -0.140. The number of nitrogens with one attached hydrogen (secondary N) is 1. The van der Waals surface area contributed by atoms with E-state index in [1.807, 2.05) is 55.5 Å². The number of ketones is 1. The molecule has 0 bridgehead atoms. The minimum Gasteiger partial charge on any atom is -0.508 e. The molecular formula is C30H27NO4. The molecule has 0 spiro atoms. The number of rotatable bonds is 5. The van der Waals surface area contributed by atoms with Gasteiger partial charge in [0.05, 0.1) is 5.57 Å². The van der Waals surface area contributed by atoms with Crippen LogP contribution in [-0.4, -0.2) is 16.9 Å². The van der Waals surface area contributed by atoms with Crippen molar-refractivity contribution in [2.75, 3.05) is 0 Å². The first-order chi connectivity index (χ1) is 17.0. The molecule has 176 valence electrons. The van der Waals surface area contributed by atoms with E-state index in [1.54, 1.807) is 24.3 Å². The molecule has 3 aromatic rings. The van der Waals surface area contributed by atoms with E-state index < -0.39 is 11.9 Å². The topological polar surface area (TPSA) is 75.6 Å². The van der Waals surface area contributed by atoms with Crippen LogP contribution in [0, 0.1) is 0 Å². The Morgan fingerprint density at radius 3 is 2.26 bits per heavy atom. The molecule has 2 N–H and O–H groups in total. The van der Waals surface area contributed by atoms with Gasteiger partial charge < -0.3 is 15.2 Å². The van der Waals surface area contributed by atoms with Crippen molar-refractivity contribution >= 4 is 11.8 Å². The summed E-state index contributed by atoms with van der Waals surface area (Å²) in [4.78, 5) is 27.0. The third kappa shape index (κ3) is 4.62. The molecule has 1 aliphatic carbocycles. The Balaban J connectivity index is 1.51. The Labute approximate surface area is 204 Å². The highest BCUT2D eigenvalue weighted by Gasteiger charge is 2.41. The molecule has 0 aromatic heterocycles. The number of hydrogen-bond acceptors (Lipinski definition) is 5. The molecule has 0 saturated carbocycles. The molecule has 0 amide bonds. The normalized spacial score (nSPS) is 19.7. The number of phenols is 1. The van der Waals surface area contributed by atoms with Gasteiger partial charge in [0, 0.05) is 29.3 Å². The number of Topliss-reactive ketones (excluding diaryl/α,β-unsaturated/α-hetero) is 1. The van der Waals surface area contributed by atoms with Gasteiger partial charge in [-0.1, -0.05) is 72.8 Å². The molecule has 1 aliphatic heterocycles. The zero-order chi connectivity index (χ0) is 24.4. The second kappa shape index (κ2) is 9.63. The van der Waals surface area contributed by atoms with Crippen LogP contribution < -0.4 is 5.32 Å². The first-order valence-electron chi connectivity index (χ1n) is 11.8. The molecule has 1 heterocycles. The number of dihydropyridines is 1. The third-order valence-corrected chi connectivity index (χ3v) is 6.76. The predicted molar refractivity (Wildman–Crippen MR) is 133 cm³/mol. The van der Waals surface area contributed by atoms with E-state index >= 15 is 0 Å². The van der Waals surface area contributed by atoms with Crippen LogP contribution in [0.4, 0.5) is 0 Å². The molecular weight excluding hydrogens is 438 g/mol. The lowest BCUT2D eigenvalue weighted by Crippen LogP contribution is -2.36. The van der Waals surface area contributed by atoms with E-state index in [-0.39, 0.29) is 24.1 Å². The van der Waals surface area contributed by atoms with E-state index in [2.05, 4.69) is 17.4 Å². The van der Waals surface area contributed by atoms with Gasteiger partial charge in [-0.15, -0.1) is 0 Å². The van der Waals surface area contributed by atoms with E-state index in [0.29, 0.717) is 29.7 Å². The molecule has 5 nitrogen and oxygen atoms in total. The fourth-order valence-corrected chi connectivity index (χ4v) is 5.07. The zero-order valence-electron chi connectivity index (χ0n) is 19.5. The molecule has 0 saturated heterocycles. The zero-order valence-corrected chi connectivity index (χ0v) is 19.5. The highest BCUT2D eigenvalue weighted by molar-refractivity contribution is 6.04. The second-order valence-corrected chi connectivity index (χ2v) is 9.08. The van der Waals surface area contributed by atoms with Crippen molar-refractivity contribution in [1.82, 2.24) is 5.32 Å². The van der Waals surface area contributed by atoms with Crippen molar-refractivity contribution in [1.29, 1.82) is 0 Å². The fraction of sp³-hybridized carbons (Fsp3) is 0.200. The standard InChI is InChI=1S/C30H27NO4/c1-19-27(30(34)35-18-20-8-4-2-5-9-20)28(22-12-14-24(32)15-13-22)29-25(31-19)16-23(17-26(29)33)21-10-6-3-7-11-21/h2-15,23,28,31-32H,16-18H2,1H3/t23-,28+/m1/s1. The molecule has 0 radical (unpaired) electrons. The van der Waals surface area contributed by atoms with Gasteiger partial charge in [0.1, 0.15) is 12.4 Å². The van der Waals surface area contributed by atoms with Gasteiger partial charge in [0.15, 0.2) is 5.78 Å².